The number of likely N-dealkylation sites (tertiary alicyclic amines) is 1. The van der Waals surface area contributed by atoms with Crippen molar-refractivity contribution in [2.45, 2.75) is 26.8 Å². The number of anilines is 1. The van der Waals surface area contributed by atoms with Gasteiger partial charge in [0.25, 0.3) is 0 Å². The summed E-state index contributed by atoms with van der Waals surface area (Å²) in [6.07, 6.45) is 0.278. The van der Waals surface area contributed by atoms with Crippen LogP contribution in [0.2, 0.25) is 0 Å². The lowest BCUT2D eigenvalue weighted by molar-refractivity contribution is -0.140. The molecule has 1 atom stereocenters. The van der Waals surface area contributed by atoms with E-state index in [-0.39, 0.29) is 30.7 Å². The molecule has 2 amide bonds. The second-order valence-electron chi connectivity index (χ2n) is 5.08. The molecule has 1 unspecified atom stereocenters. The predicted octanol–water partition coefficient (Wildman–Crippen LogP) is 2.02. The van der Waals surface area contributed by atoms with Gasteiger partial charge in [-0.3, -0.25) is 14.5 Å². The summed E-state index contributed by atoms with van der Waals surface area (Å²) >= 11 is 1.52. The normalized spacial score (nSPS) is 18.8. The molecule has 7 heteroatoms. The summed E-state index contributed by atoms with van der Waals surface area (Å²) < 4.78 is 0. The van der Waals surface area contributed by atoms with Gasteiger partial charge in [-0.2, -0.15) is 0 Å². The van der Waals surface area contributed by atoms with Crippen LogP contribution in [0.4, 0.5) is 5.82 Å². The fourth-order valence-corrected chi connectivity index (χ4v) is 3.21. The Balaban J connectivity index is 1.93. The first-order valence-corrected chi connectivity index (χ1v) is 7.80. The average molecular weight is 304 g/mol. The van der Waals surface area contributed by atoms with E-state index in [9.17, 15) is 9.59 Å². The van der Waals surface area contributed by atoms with Crippen molar-refractivity contribution in [2.24, 2.45) is 5.92 Å². The van der Waals surface area contributed by atoms with Crippen molar-refractivity contribution in [2.75, 3.05) is 11.9 Å². The number of rotatable bonds is 4. The topological polar surface area (TPSA) is 75.2 Å². The minimum Gasteiger partial charge on any atom is -0.370 e. The maximum atomic E-state index is 12.0. The van der Waals surface area contributed by atoms with E-state index >= 15 is 0 Å². The number of nitrogens with one attached hydrogen (secondary N) is 1. The molecule has 1 fully saturated rings. The molecule has 0 aliphatic carbocycles. The third kappa shape index (κ3) is 2.49. The SMILES string of the molecule is CCNc1nc(CN2C(=O)CC(C)C2=O)nc2sccc12. The van der Waals surface area contributed by atoms with Crippen LogP contribution >= 0.6 is 11.3 Å². The lowest BCUT2D eigenvalue weighted by atomic mass is 10.1. The molecule has 1 N–H and O–H groups in total. The number of fused-ring (bicyclic) bond motifs is 1. The molecule has 1 aliphatic heterocycles. The molecule has 0 aromatic carbocycles. The second-order valence-corrected chi connectivity index (χ2v) is 5.98. The number of carbonyl (C=O) groups excluding carboxylic acids is 2. The first-order chi connectivity index (χ1) is 10.1. The first kappa shape index (κ1) is 13.9. The van der Waals surface area contributed by atoms with Crippen LogP contribution in [-0.2, 0) is 16.1 Å². The van der Waals surface area contributed by atoms with Crippen LogP contribution in [0.5, 0.6) is 0 Å². The van der Waals surface area contributed by atoms with Gasteiger partial charge < -0.3 is 5.32 Å². The van der Waals surface area contributed by atoms with Gasteiger partial charge in [-0.1, -0.05) is 6.92 Å². The summed E-state index contributed by atoms with van der Waals surface area (Å²) in [6, 6.07) is 1.97. The van der Waals surface area contributed by atoms with E-state index in [2.05, 4.69) is 15.3 Å². The smallest absolute Gasteiger partial charge is 0.232 e. The van der Waals surface area contributed by atoms with Crippen molar-refractivity contribution < 1.29 is 9.59 Å². The van der Waals surface area contributed by atoms with Crippen LogP contribution in [0, 0.1) is 5.92 Å². The maximum Gasteiger partial charge on any atom is 0.232 e. The lowest BCUT2D eigenvalue weighted by Gasteiger charge is -2.14. The third-order valence-electron chi connectivity index (χ3n) is 3.48. The van der Waals surface area contributed by atoms with Gasteiger partial charge in [0.15, 0.2) is 5.82 Å². The van der Waals surface area contributed by atoms with Crippen molar-refractivity contribution in [3.05, 3.63) is 17.3 Å². The van der Waals surface area contributed by atoms with Gasteiger partial charge in [-0.15, -0.1) is 11.3 Å². The monoisotopic (exact) mass is 304 g/mol. The van der Waals surface area contributed by atoms with Crippen LogP contribution in [0.3, 0.4) is 0 Å². The predicted molar refractivity (Wildman–Crippen MR) is 80.9 cm³/mol. The molecule has 1 aliphatic rings. The molecule has 110 valence electrons. The van der Waals surface area contributed by atoms with E-state index in [0.717, 1.165) is 22.6 Å². The summed E-state index contributed by atoms with van der Waals surface area (Å²) in [7, 11) is 0. The van der Waals surface area contributed by atoms with Gasteiger partial charge >= 0.3 is 0 Å². The highest BCUT2D eigenvalue weighted by molar-refractivity contribution is 7.16. The Kier molecular flexibility index (Phi) is 3.59. The number of thiophene rings is 1. The second kappa shape index (κ2) is 5.40. The van der Waals surface area contributed by atoms with Crippen LogP contribution in [0.25, 0.3) is 10.2 Å². The molecule has 3 heterocycles. The molecule has 2 aromatic rings. The first-order valence-electron chi connectivity index (χ1n) is 6.92. The number of imide groups is 1. The maximum absolute atomic E-state index is 12.0. The van der Waals surface area contributed by atoms with Gasteiger partial charge in [0.2, 0.25) is 11.8 Å². The van der Waals surface area contributed by atoms with Crippen molar-refractivity contribution in [1.82, 2.24) is 14.9 Å². The zero-order valence-electron chi connectivity index (χ0n) is 11.9. The van der Waals surface area contributed by atoms with E-state index in [4.69, 9.17) is 0 Å². The Hall–Kier alpha value is -2.02. The molecule has 3 rings (SSSR count). The number of carbonyl (C=O) groups is 2. The number of hydrogen-bond donors (Lipinski definition) is 1. The molecular weight excluding hydrogens is 288 g/mol. The summed E-state index contributed by atoms with van der Waals surface area (Å²) in [5, 5.41) is 6.13. The zero-order valence-corrected chi connectivity index (χ0v) is 12.7. The van der Waals surface area contributed by atoms with Crippen molar-refractivity contribution in [1.29, 1.82) is 0 Å². The molecule has 6 nitrogen and oxygen atoms in total. The number of hydrogen-bond acceptors (Lipinski definition) is 6. The molecule has 0 spiro atoms. The van der Waals surface area contributed by atoms with Gasteiger partial charge in [-0.05, 0) is 18.4 Å². The zero-order chi connectivity index (χ0) is 15.0. The van der Waals surface area contributed by atoms with Crippen LogP contribution < -0.4 is 5.32 Å². The van der Waals surface area contributed by atoms with Crippen molar-refractivity contribution in [3.8, 4) is 0 Å². The Labute approximate surface area is 126 Å². The summed E-state index contributed by atoms with van der Waals surface area (Å²) in [4.78, 5) is 34.9. The van der Waals surface area contributed by atoms with Gasteiger partial charge in [0, 0.05) is 18.9 Å². The van der Waals surface area contributed by atoms with E-state index in [1.54, 1.807) is 6.92 Å². The standard InChI is InChI=1S/C14H16N4O2S/c1-3-15-12-9-4-5-21-13(9)17-10(16-12)7-18-11(19)6-8(2)14(18)20/h4-5,8H,3,6-7H2,1-2H3,(H,15,16,17). The highest BCUT2D eigenvalue weighted by atomic mass is 32.1. The Morgan fingerprint density at radius 3 is 2.90 bits per heavy atom. The molecule has 0 radical (unpaired) electrons. The van der Waals surface area contributed by atoms with Crippen molar-refractivity contribution in [3.63, 3.8) is 0 Å². The number of aromatic nitrogens is 2. The lowest BCUT2D eigenvalue weighted by Crippen LogP contribution is -2.30. The average Bonchev–Trinajstić information content (AvgIpc) is 3.00. The highest BCUT2D eigenvalue weighted by Gasteiger charge is 2.36. The summed E-state index contributed by atoms with van der Waals surface area (Å²) in [6.45, 7) is 4.66. The summed E-state index contributed by atoms with van der Waals surface area (Å²) in [5.74, 6) is 0.728. The van der Waals surface area contributed by atoms with Gasteiger partial charge in [0.05, 0.1) is 11.9 Å². The molecule has 21 heavy (non-hydrogen) atoms. The van der Waals surface area contributed by atoms with E-state index in [1.165, 1.54) is 16.2 Å². The minimum absolute atomic E-state index is 0.139. The van der Waals surface area contributed by atoms with E-state index in [0.29, 0.717) is 5.82 Å². The molecule has 0 saturated carbocycles. The summed E-state index contributed by atoms with van der Waals surface area (Å²) in [5.41, 5.74) is 0. The fraction of sp³-hybridized carbons (Fsp3) is 0.429. The molecule has 1 saturated heterocycles. The van der Waals surface area contributed by atoms with Crippen molar-refractivity contribution >= 4 is 39.2 Å². The minimum atomic E-state index is -0.240. The third-order valence-corrected chi connectivity index (χ3v) is 4.29. The molecular formula is C14H16N4O2S. The van der Waals surface area contributed by atoms with E-state index < -0.39 is 0 Å². The van der Waals surface area contributed by atoms with Crippen LogP contribution in [-0.4, -0.2) is 33.2 Å². The van der Waals surface area contributed by atoms with Crippen LogP contribution in [0.15, 0.2) is 11.4 Å². The Morgan fingerprint density at radius 2 is 2.24 bits per heavy atom. The van der Waals surface area contributed by atoms with E-state index in [1.807, 2.05) is 18.4 Å². The number of amides is 2. The fourth-order valence-electron chi connectivity index (χ4n) is 2.43. The molecule has 0 bridgehead atoms. The Bertz CT molecular complexity index is 712. The quantitative estimate of drug-likeness (QED) is 0.875. The highest BCUT2D eigenvalue weighted by Crippen LogP contribution is 2.26. The van der Waals surface area contributed by atoms with Gasteiger partial charge in [-0.25, -0.2) is 9.97 Å². The van der Waals surface area contributed by atoms with Crippen LogP contribution in [0.1, 0.15) is 26.1 Å². The van der Waals surface area contributed by atoms with Gasteiger partial charge in [0.1, 0.15) is 10.6 Å². The Morgan fingerprint density at radius 1 is 1.43 bits per heavy atom. The number of nitrogens with zero attached hydrogens (tertiary/aromatic N) is 3. The molecule has 2 aromatic heterocycles. The largest absolute Gasteiger partial charge is 0.370 e.